The van der Waals surface area contributed by atoms with Crippen LogP contribution in [0.3, 0.4) is 0 Å². The van der Waals surface area contributed by atoms with Gasteiger partial charge in [-0.3, -0.25) is 47.9 Å². The lowest BCUT2D eigenvalue weighted by Gasteiger charge is -2.44. The van der Waals surface area contributed by atoms with E-state index in [1.165, 1.54) is 23.6 Å². The van der Waals surface area contributed by atoms with Gasteiger partial charge in [0, 0.05) is 87.3 Å². The standard InChI is InChI=1S/C36H42ClN5O5.C34H38ClN5O5.CH2Cl2.2CO2.2CH4/c1-3-25-11-12-26-10-9-23-16-20-39(31(23)34(46)41(25)26)33(45)30-14-13-27-15-18-36(35(47)42(27)30)17-6-19-40(36)32(44)29(38-22(2)43)21-24-7-4-5-8-28(24)37;1-21(41)36-27(20-23-6-2-3-8-26(23)35)30(42)39-18-5-15-34(39)16-13-25-11-12-28(40(25)33(34)45)31(43)38-19-14-22-9-10-24-7-4-17-37(24)32(44)29(22)38;3*2-1-3;;/h4-5,7-10,15,18,23,25-27,30-31H,3,6,11-14,16-17,19-21H2,1-2H3;2-3,6,8-10,13,16,22,24-25,28-29H,4-5,7,11-12,14-15,17-20H2,1H3;1H2;;;2*1H4/t23-,25+,26-,27-,30-,31-,36+;22-,24+,25-,28-,29-,34+;;;;;/m00...../s1. The lowest BCUT2D eigenvalue weighted by molar-refractivity contribution is -0.193. The number of likely N-dealkylation sites (tertiary alicyclic amines) is 4. The SMILES string of the molecule is C.C.CC(=O)N=C(Cc1ccccc1Cl)C(=O)N1CCC[C@]12C=C[C@@H]1CC[C@@H](C(=O)N3CC[C@@H]4C=C[C@H]5CCCN5C(=O)[C@H]43)N1C2=O.CC[C@@H]1CC[C@@H]2C=C[C@H]3CCN(C(=O)[C@@H]4CC[C@H]5C=C[C@]6(CCCN6C(=O)C(Cc6ccccc6Cl)=NC(C)=O)C(=O)N54)[C@@H]3C(=O)N12.ClCCl.O=C=O.O=C=O. The Kier molecular flexibility index (Phi) is 27.4. The van der Waals surface area contributed by atoms with Crippen molar-refractivity contribution < 1.29 is 67.1 Å². The molecule has 0 N–H and O–H groups in total. The van der Waals surface area contributed by atoms with Crippen LogP contribution in [0.5, 0.6) is 0 Å². The van der Waals surface area contributed by atoms with Crippen LogP contribution in [0.15, 0.2) is 107 Å². The lowest BCUT2D eigenvalue weighted by atomic mass is 9.88. The summed E-state index contributed by atoms with van der Waals surface area (Å²) < 4.78 is 0. The van der Waals surface area contributed by atoms with Crippen LogP contribution >= 0.6 is 46.4 Å². The Morgan fingerprint density at radius 1 is 0.505 bits per heavy atom. The van der Waals surface area contributed by atoms with E-state index in [1.807, 2.05) is 34.1 Å². The molecule has 14 rings (SSSR count). The van der Waals surface area contributed by atoms with E-state index in [0.717, 1.165) is 44.9 Å². The Morgan fingerprint density at radius 3 is 1.34 bits per heavy atom. The molecule has 13 atom stereocenters. The molecule has 2 spiro atoms. The topological polar surface area (TPSA) is 290 Å². The average molecular weight is 1500 g/mol. The molecule has 103 heavy (non-hydrogen) atoms. The van der Waals surface area contributed by atoms with Gasteiger partial charge in [0.25, 0.3) is 23.6 Å². The number of halogens is 4. The summed E-state index contributed by atoms with van der Waals surface area (Å²) in [5, 5.41) is 1.11. The first kappa shape index (κ1) is 80.4. The van der Waals surface area contributed by atoms with Gasteiger partial charge in [-0.05, 0) is 120 Å². The van der Waals surface area contributed by atoms with E-state index in [-0.39, 0.29) is 134 Å². The lowest BCUT2D eigenvalue weighted by Crippen LogP contribution is -2.64. The molecule has 28 heteroatoms. The maximum absolute atomic E-state index is 14.7. The quantitative estimate of drug-likeness (QED) is 0.130. The van der Waals surface area contributed by atoms with Crippen molar-refractivity contribution in [3.8, 4) is 0 Å². The Balaban J connectivity index is 0.000000230. The van der Waals surface area contributed by atoms with Crippen LogP contribution in [-0.2, 0) is 80.0 Å². The number of aliphatic imine (C=N–C) groups is 2. The van der Waals surface area contributed by atoms with E-state index in [4.69, 9.17) is 65.6 Å². The molecule has 0 saturated carbocycles. The summed E-state index contributed by atoms with van der Waals surface area (Å²) >= 11 is 22.3. The van der Waals surface area contributed by atoms with E-state index >= 15 is 0 Å². The summed E-state index contributed by atoms with van der Waals surface area (Å²) in [7, 11) is 0. The van der Waals surface area contributed by atoms with Gasteiger partial charge in [0.15, 0.2) is 0 Å². The van der Waals surface area contributed by atoms with Gasteiger partial charge in [0.2, 0.25) is 35.4 Å². The van der Waals surface area contributed by atoms with Crippen LogP contribution in [0.25, 0.3) is 0 Å². The molecule has 0 bridgehead atoms. The predicted molar refractivity (Wildman–Crippen MR) is 384 cm³/mol. The summed E-state index contributed by atoms with van der Waals surface area (Å²) in [6, 6.07) is 11.5. The Bertz CT molecular complexity index is 3860. The number of carbonyl (C=O) groups is 10. The van der Waals surface area contributed by atoms with Crippen molar-refractivity contribution >= 4 is 129 Å². The molecule has 24 nitrogen and oxygen atoms in total. The minimum absolute atomic E-state index is 0. The molecule has 10 amide bonds. The van der Waals surface area contributed by atoms with E-state index in [1.54, 1.807) is 68.1 Å². The highest BCUT2D eigenvalue weighted by molar-refractivity contribution is 6.43. The highest BCUT2D eigenvalue weighted by Crippen LogP contribution is 2.46. The first-order valence-corrected chi connectivity index (χ1v) is 36.4. The Morgan fingerprint density at radius 2 is 0.913 bits per heavy atom. The number of hydrogen-bond donors (Lipinski definition) is 0. The van der Waals surface area contributed by atoms with E-state index in [9.17, 15) is 47.9 Å². The second-order valence-electron chi connectivity index (χ2n) is 27.2. The molecule has 2 aromatic carbocycles. The van der Waals surface area contributed by atoms with Crippen molar-refractivity contribution in [2.75, 3.05) is 38.1 Å². The third-order valence-electron chi connectivity index (χ3n) is 21.8. The number of nitrogens with zero attached hydrogens (tertiary/aromatic N) is 10. The van der Waals surface area contributed by atoms with Crippen molar-refractivity contribution in [1.82, 2.24) is 39.2 Å². The first-order chi connectivity index (χ1) is 48.6. The maximum Gasteiger partial charge on any atom is 0.373 e. The zero-order chi connectivity index (χ0) is 72.6. The van der Waals surface area contributed by atoms with Crippen LogP contribution in [-0.4, -0.2) is 226 Å². The predicted octanol–water partition coefficient (Wildman–Crippen LogP) is 8.18. The van der Waals surface area contributed by atoms with Crippen LogP contribution < -0.4 is 0 Å². The second-order valence-corrected chi connectivity index (χ2v) is 28.8. The van der Waals surface area contributed by atoms with E-state index < -0.39 is 58.9 Å². The number of hydrogen-bond acceptors (Lipinski definition) is 14. The van der Waals surface area contributed by atoms with Gasteiger partial charge < -0.3 is 39.2 Å². The zero-order valence-corrected chi connectivity index (χ0v) is 59.6. The minimum Gasteiger partial charge on any atom is -0.334 e. The van der Waals surface area contributed by atoms with Gasteiger partial charge in [0.05, 0.1) is 29.5 Å². The highest BCUT2D eigenvalue weighted by atomic mass is 35.5. The van der Waals surface area contributed by atoms with Gasteiger partial charge in [-0.15, -0.1) is 23.2 Å². The fourth-order valence-electron chi connectivity index (χ4n) is 17.5. The molecule has 8 saturated heterocycles. The number of benzene rings is 2. The second kappa shape index (κ2) is 35.0. The number of amides is 10. The van der Waals surface area contributed by atoms with Crippen LogP contribution in [0, 0.1) is 11.8 Å². The minimum atomic E-state index is -1.28. The van der Waals surface area contributed by atoms with Gasteiger partial charge in [-0.25, -0.2) is 9.98 Å². The molecule has 12 aliphatic heterocycles. The molecule has 0 aliphatic carbocycles. The van der Waals surface area contributed by atoms with Crippen LogP contribution in [0.2, 0.25) is 10.0 Å². The summed E-state index contributed by atoms with van der Waals surface area (Å²) in [4.78, 5) is 193. The van der Waals surface area contributed by atoms with E-state index in [2.05, 4.69) is 41.2 Å². The van der Waals surface area contributed by atoms with Crippen molar-refractivity contribution in [3.05, 3.63) is 118 Å². The smallest absolute Gasteiger partial charge is 0.334 e. The molecule has 0 aromatic heterocycles. The van der Waals surface area contributed by atoms with Crippen molar-refractivity contribution in [1.29, 1.82) is 0 Å². The van der Waals surface area contributed by atoms with Gasteiger partial charge >= 0.3 is 12.3 Å². The Hall–Kier alpha value is -8.24. The van der Waals surface area contributed by atoms with Crippen molar-refractivity contribution in [3.63, 3.8) is 0 Å². The number of fused-ring (bicyclic) bond motifs is 6. The summed E-state index contributed by atoms with van der Waals surface area (Å²) in [5.74, 6) is -2.93. The molecular weight excluding hydrogens is 1410 g/mol. The largest absolute Gasteiger partial charge is 0.373 e. The monoisotopic (exact) mass is 1490 g/mol. The number of carbonyl (C=O) groups excluding carboxylic acids is 14. The van der Waals surface area contributed by atoms with Crippen LogP contribution in [0.4, 0.5) is 0 Å². The fourth-order valence-corrected chi connectivity index (χ4v) is 17.9. The zero-order valence-electron chi connectivity index (χ0n) is 56.6. The Labute approximate surface area is 620 Å². The molecule has 0 unspecified atom stereocenters. The average Bonchev–Trinajstić information content (AvgIpc) is 1.62. The van der Waals surface area contributed by atoms with Crippen molar-refractivity contribution in [2.24, 2.45) is 21.8 Å². The van der Waals surface area contributed by atoms with Gasteiger partial charge in [0.1, 0.15) is 46.7 Å². The summed E-state index contributed by atoms with van der Waals surface area (Å²) in [6.45, 7) is 6.98. The molecule has 0 radical (unpaired) electrons. The third kappa shape index (κ3) is 15.9. The molecule has 2 aromatic rings. The summed E-state index contributed by atoms with van der Waals surface area (Å²) in [6.07, 6.45) is 27.1. The number of rotatable bonds is 9. The molecule has 552 valence electrons. The molecular formula is C75H90Cl4N10O14. The first-order valence-electron chi connectivity index (χ1n) is 34.6. The maximum atomic E-state index is 14.7. The van der Waals surface area contributed by atoms with Gasteiger partial charge in [-0.2, -0.15) is 19.2 Å². The highest BCUT2D eigenvalue weighted by Gasteiger charge is 2.61. The fraction of sp³-hybridized carbons (Fsp3) is 0.547. The molecule has 8 fully saturated rings. The van der Waals surface area contributed by atoms with Crippen LogP contribution in [0.1, 0.15) is 143 Å². The van der Waals surface area contributed by atoms with E-state index in [0.29, 0.717) is 105 Å². The molecule has 12 aliphatic rings. The normalized spacial score (nSPS) is 29.5. The number of alkyl halides is 2. The third-order valence-corrected chi connectivity index (χ3v) is 22.6. The summed E-state index contributed by atoms with van der Waals surface area (Å²) in [5.41, 5.74) is -1.19. The van der Waals surface area contributed by atoms with Crippen molar-refractivity contribution in [2.45, 2.75) is 210 Å². The van der Waals surface area contributed by atoms with Gasteiger partial charge in [-0.1, -0.05) is 130 Å². The molecule has 12 heterocycles.